The lowest BCUT2D eigenvalue weighted by Gasteiger charge is -2.13. The highest BCUT2D eigenvalue weighted by Crippen LogP contribution is 2.33. The summed E-state index contributed by atoms with van der Waals surface area (Å²) in [6.45, 7) is 1.70. The molecule has 0 spiro atoms. The van der Waals surface area contributed by atoms with Crippen LogP contribution < -0.4 is 0 Å². The van der Waals surface area contributed by atoms with Crippen molar-refractivity contribution in [2.24, 2.45) is 0 Å². The maximum absolute atomic E-state index is 13.8. The van der Waals surface area contributed by atoms with Crippen molar-refractivity contribution < 1.29 is 13.2 Å². The maximum Gasteiger partial charge on any atom is 0.137 e. The first-order valence-electron chi connectivity index (χ1n) is 5.44. The molecule has 100 valence electrons. The van der Waals surface area contributed by atoms with Crippen molar-refractivity contribution in [3.05, 3.63) is 68.9 Å². The maximum atomic E-state index is 13.8. The molecule has 1 unspecified atom stereocenters. The minimum Gasteiger partial charge on any atom is -0.207 e. The Morgan fingerprint density at radius 3 is 2.32 bits per heavy atom. The molecule has 0 fully saturated rings. The standard InChI is InChI=1S/C14H9BrClF3/c1-7-2-8(4-9(17)3-7)14(16)10-5-13(19)11(15)6-12(10)18/h2-6,14H,1H3. The number of benzene rings is 2. The van der Waals surface area contributed by atoms with E-state index in [4.69, 9.17) is 11.6 Å². The number of halogens is 5. The first kappa shape index (κ1) is 14.4. The fraction of sp³-hybridized carbons (Fsp3) is 0.143. The van der Waals surface area contributed by atoms with Crippen LogP contribution >= 0.6 is 27.5 Å². The number of aryl methyl sites for hydroxylation is 1. The van der Waals surface area contributed by atoms with Crippen LogP contribution in [0.4, 0.5) is 13.2 Å². The summed E-state index contributed by atoms with van der Waals surface area (Å²) in [6, 6.07) is 6.21. The normalized spacial score (nSPS) is 12.5. The Balaban J connectivity index is 2.49. The van der Waals surface area contributed by atoms with Gasteiger partial charge in [0.1, 0.15) is 17.5 Å². The molecule has 0 saturated carbocycles. The second-order valence-electron chi connectivity index (χ2n) is 4.21. The fourth-order valence-electron chi connectivity index (χ4n) is 1.82. The molecule has 2 aromatic carbocycles. The third kappa shape index (κ3) is 3.12. The van der Waals surface area contributed by atoms with Crippen molar-refractivity contribution in [3.8, 4) is 0 Å². The summed E-state index contributed by atoms with van der Waals surface area (Å²) in [5.74, 6) is -1.72. The molecular formula is C14H9BrClF3. The molecule has 0 radical (unpaired) electrons. The number of alkyl halides is 1. The molecule has 0 bridgehead atoms. The molecule has 2 aromatic rings. The summed E-state index contributed by atoms with van der Waals surface area (Å²) >= 11 is 9.01. The molecular weight excluding hydrogens is 341 g/mol. The van der Waals surface area contributed by atoms with Crippen LogP contribution in [0.25, 0.3) is 0 Å². The second kappa shape index (κ2) is 5.55. The second-order valence-corrected chi connectivity index (χ2v) is 5.50. The number of hydrogen-bond acceptors (Lipinski definition) is 0. The lowest BCUT2D eigenvalue weighted by atomic mass is 10.0. The summed E-state index contributed by atoms with van der Waals surface area (Å²) in [5.41, 5.74) is 1.03. The van der Waals surface area contributed by atoms with Gasteiger partial charge < -0.3 is 0 Å². The third-order valence-corrected chi connectivity index (χ3v) is 3.76. The molecule has 0 aromatic heterocycles. The Morgan fingerprint density at radius 1 is 1.00 bits per heavy atom. The predicted molar refractivity (Wildman–Crippen MR) is 72.9 cm³/mol. The summed E-state index contributed by atoms with van der Waals surface area (Å²) in [7, 11) is 0. The van der Waals surface area contributed by atoms with Crippen molar-refractivity contribution in [2.45, 2.75) is 12.3 Å². The monoisotopic (exact) mass is 348 g/mol. The largest absolute Gasteiger partial charge is 0.207 e. The minimum atomic E-state index is -0.947. The van der Waals surface area contributed by atoms with Crippen LogP contribution in [0.2, 0.25) is 0 Å². The molecule has 19 heavy (non-hydrogen) atoms. The lowest BCUT2D eigenvalue weighted by Crippen LogP contribution is -2.00. The third-order valence-electron chi connectivity index (χ3n) is 2.67. The van der Waals surface area contributed by atoms with Gasteiger partial charge in [-0.2, -0.15) is 0 Å². The van der Waals surface area contributed by atoms with Gasteiger partial charge in [0.15, 0.2) is 0 Å². The Hall–Kier alpha value is -1.00. The van der Waals surface area contributed by atoms with Gasteiger partial charge in [0.05, 0.1) is 9.85 Å². The van der Waals surface area contributed by atoms with Crippen LogP contribution in [-0.2, 0) is 0 Å². The van der Waals surface area contributed by atoms with Gasteiger partial charge in [-0.3, -0.25) is 0 Å². The van der Waals surface area contributed by atoms with Crippen LogP contribution in [0.15, 0.2) is 34.8 Å². The van der Waals surface area contributed by atoms with Crippen LogP contribution in [0, 0.1) is 24.4 Å². The molecule has 0 N–H and O–H groups in total. The Labute approximate surface area is 122 Å². The molecule has 0 nitrogen and oxygen atoms in total. The van der Waals surface area contributed by atoms with Gasteiger partial charge in [-0.1, -0.05) is 6.07 Å². The first-order chi connectivity index (χ1) is 8.88. The topological polar surface area (TPSA) is 0 Å². The summed E-state index contributed by atoms with van der Waals surface area (Å²) in [4.78, 5) is 0. The van der Waals surface area contributed by atoms with Crippen molar-refractivity contribution in [1.29, 1.82) is 0 Å². The molecule has 5 heteroatoms. The highest BCUT2D eigenvalue weighted by molar-refractivity contribution is 9.10. The van der Waals surface area contributed by atoms with E-state index in [0.29, 0.717) is 11.1 Å². The van der Waals surface area contributed by atoms with Crippen LogP contribution in [0.5, 0.6) is 0 Å². The van der Waals surface area contributed by atoms with E-state index in [2.05, 4.69) is 15.9 Å². The van der Waals surface area contributed by atoms with Crippen molar-refractivity contribution in [1.82, 2.24) is 0 Å². The smallest absolute Gasteiger partial charge is 0.137 e. The lowest BCUT2D eigenvalue weighted by molar-refractivity contribution is 0.581. The molecule has 0 aliphatic rings. The van der Waals surface area contributed by atoms with Gasteiger partial charge in [0.2, 0.25) is 0 Å². The van der Waals surface area contributed by atoms with E-state index in [1.54, 1.807) is 13.0 Å². The van der Waals surface area contributed by atoms with Crippen molar-refractivity contribution in [3.63, 3.8) is 0 Å². The number of rotatable bonds is 2. The zero-order chi connectivity index (χ0) is 14.2. The fourth-order valence-corrected chi connectivity index (χ4v) is 2.43. The van der Waals surface area contributed by atoms with Crippen molar-refractivity contribution in [2.75, 3.05) is 0 Å². The summed E-state index contributed by atoms with van der Waals surface area (Å²) < 4.78 is 40.6. The van der Waals surface area contributed by atoms with E-state index in [9.17, 15) is 13.2 Å². The zero-order valence-corrected chi connectivity index (χ0v) is 12.2. The SMILES string of the molecule is Cc1cc(F)cc(C(Cl)c2cc(F)c(Br)cc2F)c1. The molecule has 2 rings (SSSR count). The van der Waals surface area contributed by atoms with Crippen LogP contribution in [0.1, 0.15) is 22.1 Å². The van der Waals surface area contributed by atoms with Crippen LogP contribution in [0.3, 0.4) is 0 Å². The first-order valence-corrected chi connectivity index (χ1v) is 6.67. The van der Waals surface area contributed by atoms with E-state index in [-0.39, 0.29) is 10.0 Å². The average Bonchev–Trinajstić information content (AvgIpc) is 2.31. The number of hydrogen-bond donors (Lipinski definition) is 0. The van der Waals surface area contributed by atoms with Gasteiger partial charge in [0, 0.05) is 5.56 Å². The van der Waals surface area contributed by atoms with E-state index in [0.717, 1.165) is 12.1 Å². The molecule has 0 heterocycles. The Morgan fingerprint density at radius 2 is 1.68 bits per heavy atom. The van der Waals surface area contributed by atoms with Gasteiger partial charge in [-0.25, -0.2) is 13.2 Å². The van der Waals surface area contributed by atoms with Crippen LogP contribution in [-0.4, -0.2) is 0 Å². The highest BCUT2D eigenvalue weighted by atomic mass is 79.9. The van der Waals surface area contributed by atoms with E-state index in [1.165, 1.54) is 12.1 Å². The molecule has 0 amide bonds. The Kier molecular flexibility index (Phi) is 4.21. The Bertz CT molecular complexity index is 608. The quantitative estimate of drug-likeness (QED) is 0.496. The van der Waals surface area contributed by atoms with Crippen molar-refractivity contribution >= 4 is 27.5 Å². The van der Waals surface area contributed by atoms with Gasteiger partial charge >= 0.3 is 0 Å². The summed E-state index contributed by atoms with van der Waals surface area (Å²) in [6.07, 6.45) is 0. The van der Waals surface area contributed by atoms with Gasteiger partial charge in [0.25, 0.3) is 0 Å². The average molecular weight is 350 g/mol. The summed E-state index contributed by atoms with van der Waals surface area (Å²) in [5, 5.41) is -0.947. The predicted octanol–water partition coefficient (Wildman–Crippen LogP) is 5.50. The highest BCUT2D eigenvalue weighted by Gasteiger charge is 2.18. The van der Waals surface area contributed by atoms with E-state index >= 15 is 0 Å². The molecule has 0 aliphatic heterocycles. The van der Waals surface area contributed by atoms with E-state index < -0.39 is 22.8 Å². The molecule has 0 saturated heterocycles. The molecule has 0 aliphatic carbocycles. The van der Waals surface area contributed by atoms with Gasteiger partial charge in [-0.15, -0.1) is 11.6 Å². The van der Waals surface area contributed by atoms with E-state index in [1.807, 2.05) is 0 Å². The van der Waals surface area contributed by atoms with Gasteiger partial charge in [-0.05, 0) is 58.2 Å². The zero-order valence-electron chi connectivity index (χ0n) is 9.85. The molecule has 1 atom stereocenters. The minimum absolute atomic E-state index is 0.0210.